The van der Waals surface area contributed by atoms with Gasteiger partial charge in [-0.25, -0.2) is 8.42 Å². The van der Waals surface area contributed by atoms with E-state index < -0.39 is 9.84 Å². The van der Waals surface area contributed by atoms with Crippen LogP contribution < -0.4 is 5.32 Å². The number of benzene rings is 1. The molecule has 0 fully saturated rings. The molecule has 0 aliphatic rings. The molecule has 18 heavy (non-hydrogen) atoms. The molecule has 5 nitrogen and oxygen atoms in total. The average Bonchev–Trinajstić information content (AvgIpc) is 2.33. The predicted molar refractivity (Wildman–Crippen MR) is 68.7 cm³/mol. The van der Waals surface area contributed by atoms with Gasteiger partial charge in [-0.05, 0) is 24.6 Å². The summed E-state index contributed by atoms with van der Waals surface area (Å²) < 4.78 is 21.8. The lowest BCUT2D eigenvalue weighted by molar-refractivity contribution is 0.600. The van der Waals surface area contributed by atoms with Crippen molar-refractivity contribution in [1.82, 2.24) is 0 Å². The Morgan fingerprint density at radius 2 is 1.89 bits per heavy atom. The maximum absolute atomic E-state index is 10.9. The van der Waals surface area contributed by atoms with E-state index in [2.05, 4.69) is 5.32 Å². The number of rotatable bonds is 5. The average molecular weight is 263 g/mol. The van der Waals surface area contributed by atoms with Crippen LogP contribution in [-0.4, -0.2) is 27.0 Å². The van der Waals surface area contributed by atoms with E-state index >= 15 is 0 Å². The molecule has 1 rings (SSSR count). The van der Waals surface area contributed by atoms with Crippen molar-refractivity contribution in [3.05, 3.63) is 29.3 Å². The topological polar surface area (TPSA) is 93.8 Å². The van der Waals surface area contributed by atoms with Gasteiger partial charge in [0, 0.05) is 18.5 Å². The fourth-order valence-corrected chi connectivity index (χ4v) is 2.08. The fraction of sp³-hybridized carbons (Fsp3) is 0.333. The highest BCUT2D eigenvalue weighted by Gasteiger charge is 2.04. The van der Waals surface area contributed by atoms with Crippen LogP contribution in [0.25, 0.3) is 0 Å². The molecule has 0 atom stereocenters. The van der Waals surface area contributed by atoms with Gasteiger partial charge in [-0.3, -0.25) is 0 Å². The van der Waals surface area contributed by atoms with Crippen LogP contribution in [0.1, 0.15) is 17.5 Å². The van der Waals surface area contributed by atoms with Gasteiger partial charge in [-0.2, -0.15) is 10.5 Å². The van der Waals surface area contributed by atoms with Gasteiger partial charge in [0.25, 0.3) is 0 Å². The molecule has 0 unspecified atom stereocenters. The molecule has 0 aliphatic heterocycles. The molecule has 0 aliphatic carbocycles. The monoisotopic (exact) mass is 263 g/mol. The third-order valence-corrected chi connectivity index (χ3v) is 3.31. The summed E-state index contributed by atoms with van der Waals surface area (Å²) >= 11 is 0. The Hall–Kier alpha value is -2.05. The van der Waals surface area contributed by atoms with Gasteiger partial charge >= 0.3 is 0 Å². The van der Waals surface area contributed by atoms with Crippen LogP contribution in [0.3, 0.4) is 0 Å². The lowest BCUT2D eigenvalue weighted by Gasteiger charge is -2.06. The summed E-state index contributed by atoms with van der Waals surface area (Å²) in [7, 11) is -2.94. The van der Waals surface area contributed by atoms with Crippen LogP contribution in [0.5, 0.6) is 0 Å². The highest BCUT2D eigenvalue weighted by molar-refractivity contribution is 7.90. The number of nitrogens with one attached hydrogen (secondary N) is 1. The summed E-state index contributed by atoms with van der Waals surface area (Å²) in [6.45, 7) is 0.504. The molecule has 0 bridgehead atoms. The quantitative estimate of drug-likeness (QED) is 0.807. The fourth-order valence-electron chi connectivity index (χ4n) is 1.41. The summed E-state index contributed by atoms with van der Waals surface area (Å²) in [5.74, 6) is 0.126. The van der Waals surface area contributed by atoms with Crippen molar-refractivity contribution in [2.75, 3.05) is 23.9 Å². The number of hydrogen-bond donors (Lipinski definition) is 1. The minimum atomic E-state index is -2.94. The molecule has 1 aromatic carbocycles. The molecule has 0 aromatic heterocycles. The first-order chi connectivity index (χ1) is 8.46. The van der Waals surface area contributed by atoms with Crippen LogP contribution in [0.15, 0.2) is 18.2 Å². The smallest absolute Gasteiger partial charge is 0.147 e. The first-order valence-electron chi connectivity index (χ1n) is 5.32. The van der Waals surface area contributed by atoms with E-state index in [1.807, 2.05) is 12.1 Å². The van der Waals surface area contributed by atoms with Crippen molar-refractivity contribution >= 4 is 15.5 Å². The van der Waals surface area contributed by atoms with E-state index in [1.165, 1.54) is 6.26 Å². The summed E-state index contributed by atoms with van der Waals surface area (Å²) in [4.78, 5) is 0. The molecule has 0 radical (unpaired) electrons. The van der Waals surface area contributed by atoms with Gasteiger partial charge in [0.15, 0.2) is 0 Å². The summed E-state index contributed by atoms with van der Waals surface area (Å²) in [6.07, 6.45) is 1.70. The Labute approximate surface area is 107 Å². The lowest BCUT2D eigenvalue weighted by atomic mass is 10.1. The van der Waals surface area contributed by atoms with Gasteiger partial charge in [0.05, 0.1) is 16.9 Å². The Kier molecular flexibility index (Phi) is 4.70. The van der Waals surface area contributed by atoms with E-state index in [0.29, 0.717) is 29.8 Å². The molecule has 0 heterocycles. The van der Waals surface area contributed by atoms with Crippen LogP contribution >= 0.6 is 0 Å². The van der Waals surface area contributed by atoms with Crippen molar-refractivity contribution in [2.45, 2.75) is 6.42 Å². The minimum absolute atomic E-state index is 0.126. The molecule has 6 heteroatoms. The number of nitrogens with zero attached hydrogens (tertiary/aromatic N) is 2. The highest BCUT2D eigenvalue weighted by Crippen LogP contribution is 2.14. The van der Waals surface area contributed by atoms with Crippen LogP contribution in [0.2, 0.25) is 0 Å². The van der Waals surface area contributed by atoms with Gasteiger partial charge in [0.1, 0.15) is 22.0 Å². The summed E-state index contributed by atoms with van der Waals surface area (Å²) in [6, 6.07) is 8.72. The van der Waals surface area contributed by atoms with Crippen LogP contribution in [0, 0.1) is 22.7 Å². The Bertz CT molecular complexity index is 609. The summed E-state index contributed by atoms with van der Waals surface area (Å²) in [5.41, 5.74) is 1.35. The molecule has 1 aromatic rings. The van der Waals surface area contributed by atoms with Crippen molar-refractivity contribution < 1.29 is 8.42 Å². The van der Waals surface area contributed by atoms with Gasteiger partial charge < -0.3 is 5.32 Å². The van der Waals surface area contributed by atoms with E-state index in [4.69, 9.17) is 10.5 Å². The maximum atomic E-state index is 10.9. The lowest BCUT2D eigenvalue weighted by Crippen LogP contribution is -2.09. The second kappa shape index (κ2) is 6.04. The molecule has 94 valence electrons. The van der Waals surface area contributed by atoms with Crippen molar-refractivity contribution in [2.24, 2.45) is 0 Å². The molecule has 0 saturated heterocycles. The number of hydrogen-bond acceptors (Lipinski definition) is 5. The standard InChI is InChI=1S/C12H13N3O2S/c1-18(16,17)6-2-5-15-12-4-3-10(8-13)11(7-12)9-14/h3-4,7,15H,2,5-6H2,1H3. The zero-order valence-electron chi connectivity index (χ0n) is 9.97. The maximum Gasteiger partial charge on any atom is 0.147 e. The predicted octanol–water partition coefficient (Wildman–Crippen LogP) is 1.28. The first kappa shape index (κ1) is 14.0. The van der Waals surface area contributed by atoms with E-state index in [9.17, 15) is 8.42 Å². The molecular weight excluding hydrogens is 250 g/mol. The Morgan fingerprint density at radius 3 is 2.44 bits per heavy atom. The highest BCUT2D eigenvalue weighted by atomic mass is 32.2. The Morgan fingerprint density at radius 1 is 1.22 bits per heavy atom. The second-order valence-electron chi connectivity index (χ2n) is 3.89. The molecule has 1 N–H and O–H groups in total. The largest absolute Gasteiger partial charge is 0.385 e. The first-order valence-corrected chi connectivity index (χ1v) is 7.38. The Balaban J connectivity index is 2.60. The van der Waals surface area contributed by atoms with Gasteiger partial charge in [-0.1, -0.05) is 0 Å². The van der Waals surface area contributed by atoms with Crippen molar-refractivity contribution in [3.8, 4) is 12.1 Å². The number of sulfone groups is 1. The summed E-state index contributed by atoms with van der Waals surface area (Å²) in [5, 5.41) is 20.6. The second-order valence-corrected chi connectivity index (χ2v) is 6.15. The van der Waals surface area contributed by atoms with E-state index in [1.54, 1.807) is 18.2 Å². The zero-order valence-corrected chi connectivity index (χ0v) is 10.8. The minimum Gasteiger partial charge on any atom is -0.385 e. The number of nitriles is 2. The van der Waals surface area contributed by atoms with E-state index in [0.717, 1.165) is 0 Å². The zero-order chi connectivity index (χ0) is 13.6. The van der Waals surface area contributed by atoms with Crippen molar-refractivity contribution in [1.29, 1.82) is 10.5 Å². The van der Waals surface area contributed by atoms with Crippen LogP contribution in [0.4, 0.5) is 5.69 Å². The SMILES string of the molecule is CS(=O)(=O)CCCNc1ccc(C#N)c(C#N)c1. The molecular formula is C12H13N3O2S. The normalized spacial score (nSPS) is 10.4. The van der Waals surface area contributed by atoms with E-state index in [-0.39, 0.29) is 5.75 Å². The number of anilines is 1. The third-order valence-electron chi connectivity index (χ3n) is 2.28. The van der Waals surface area contributed by atoms with Crippen molar-refractivity contribution in [3.63, 3.8) is 0 Å². The third kappa shape index (κ3) is 4.44. The van der Waals surface area contributed by atoms with Gasteiger partial charge in [0.2, 0.25) is 0 Å². The van der Waals surface area contributed by atoms with Crippen LogP contribution in [-0.2, 0) is 9.84 Å². The molecule has 0 spiro atoms. The molecule has 0 saturated carbocycles. The van der Waals surface area contributed by atoms with Gasteiger partial charge in [-0.15, -0.1) is 0 Å². The molecule has 0 amide bonds.